The van der Waals surface area contributed by atoms with E-state index in [2.05, 4.69) is 0 Å². The maximum atomic E-state index is 12.5. The van der Waals surface area contributed by atoms with Crippen LogP contribution in [0.5, 0.6) is 0 Å². The average Bonchev–Trinajstić information content (AvgIpc) is 3.20. The number of ether oxygens (including phenoxy) is 1. The molecule has 2 amide bonds. The van der Waals surface area contributed by atoms with Crippen LogP contribution in [0.4, 0.5) is 0 Å². The molecule has 0 aromatic heterocycles. The van der Waals surface area contributed by atoms with E-state index in [0.29, 0.717) is 19.7 Å². The SMILES string of the molecule is CCOC(=O)CCN(C)C(=O)C1CCCN1C(=O)C1CC1. The van der Waals surface area contributed by atoms with E-state index in [0.717, 1.165) is 25.7 Å². The predicted octanol–water partition coefficient (Wildman–Crippen LogP) is 0.799. The summed E-state index contributed by atoms with van der Waals surface area (Å²) in [6.07, 6.45) is 3.70. The first kappa shape index (κ1) is 15.8. The molecule has 2 rings (SSSR count). The molecule has 1 saturated carbocycles. The Kier molecular flexibility index (Phi) is 5.20. The van der Waals surface area contributed by atoms with Crippen LogP contribution in [0.3, 0.4) is 0 Å². The van der Waals surface area contributed by atoms with E-state index in [9.17, 15) is 14.4 Å². The number of carbonyl (C=O) groups is 3. The molecule has 2 aliphatic rings. The van der Waals surface area contributed by atoms with Gasteiger partial charge in [-0.25, -0.2) is 0 Å². The maximum absolute atomic E-state index is 12.5. The topological polar surface area (TPSA) is 66.9 Å². The molecule has 1 unspecified atom stereocenters. The fourth-order valence-electron chi connectivity index (χ4n) is 2.71. The van der Waals surface area contributed by atoms with E-state index in [1.54, 1.807) is 23.8 Å². The molecule has 0 aromatic rings. The molecule has 6 nitrogen and oxygen atoms in total. The molecule has 1 aliphatic carbocycles. The monoisotopic (exact) mass is 296 g/mol. The van der Waals surface area contributed by atoms with Crippen molar-refractivity contribution in [3.05, 3.63) is 0 Å². The molecule has 1 aliphatic heterocycles. The van der Waals surface area contributed by atoms with E-state index in [1.165, 1.54) is 0 Å². The van der Waals surface area contributed by atoms with Crippen LogP contribution in [0.25, 0.3) is 0 Å². The summed E-state index contributed by atoms with van der Waals surface area (Å²) in [6, 6.07) is -0.342. The van der Waals surface area contributed by atoms with Crippen molar-refractivity contribution < 1.29 is 19.1 Å². The van der Waals surface area contributed by atoms with E-state index in [4.69, 9.17) is 4.74 Å². The molecular formula is C15H24N2O4. The van der Waals surface area contributed by atoms with Gasteiger partial charge < -0.3 is 14.5 Å². The highest BCUT2D eigenvalue weighted by atomic mass is 16.5. The van der Waals surface area contributed by atoms with Crippen LogP contribution in [0, 0.1) is 5.92 Å². The summed E-state index contributed by atoms with van der Waals surface area (Å²) in [5.74, 6) is -0.0897. The molecule has 118 valence electrons. The van der Waals surface area contributed by atoms with Gasteiger partial charge in [-0.3, -0.25) is 14.4 Å². The third-order valence-electron chi connectivity index (χ3n) is 4.08. The Labute approximate surface area is 125 Å². The van der Waals surface area contributed by atoms with E-state index in [-0.39, 0.29) is 36.2 Å². The van der Waals surface area contributed by atoms with Crippen molar-refractivity contribution >= 4 is 17.8 Å². The van der Waals surface area contributed by atoms with Gasteiger partial charge in [0, 0.05) is 26.1 Å². The second-order valence-electron chi connectivity index (χ2n) is 5.78. The zero-order valence-corrected chi connectivity index (χ0v) is 12.8. The van der Waals surface area contributed by atoms with Crippen LogP contribution in [0.1, 0.15) is 39.0 Å². The zero-order chi connectivity index (χ0) is 15.4. The first-order chi connectivity index (χ1) is 10.0. The number of carbonyl (C=O) groups excluding carboxylic acids is 3. The lowest BCUT2D eigenvalue weighted by Gasteiger charge is -2.28. The number of hydrogen-bond acceptors (Lipinski definition) is 4. The number of esters is 1. The lowest BCUT2D eigenvalue weighted by atomic mass is 10.2. The largest absolute Gasteiger partial charge is 0.466 e. The van der Waals surface area contributed by atoms with Gasteiger partial charge in [0.05, 0.1) is 13.0 Å². The second-order valence-corrected chi connectivity index (χ2v) is 5.78. The van der Waals surface area contributed by atoms with Crippen molar-refractivity contribution in [3.63, 3.8) is 0 Å². The highest BCUT2D eigenvalue weighted by molar-refractivity contribution is 5.90. The van der Waals surface area contributed by atoms with E-state index >= 15 is 0 Å². The standard InChI is InChI=1S/C15H24N2O4/c1-3-21-13(18)8-10-16(2)15(20)12-5-4-9-17(12)14(19)11-6-7-11/h11-12H,3-10H2,1-2H3. The third kappa shape index (κ3) is 3.95. The maximum Gasteiger partial charge on any atom is 0.307 e. The number of nitrogens with zero attached hydrogens (tertiary/aromatic N) is 2. The van der Waals surface area contributed by atoms with Crippen LogP contribution in [0.15, 0.2) is 0 Å². The highest BCUT2D eigenvalue weighted by Gasteiger charge is 2.41. The molecule has 0 aromatic carbocycles. The van der Waals surface area contributed by atoms with Crippen LogP contribution in [-0.4, -0.2) is 60.4 Å². The van der Waals surface area contributed by atoms with Gasteiger partial charge >= 0.3 is 5.97 Å². The normalized spacial score (nSPS) is 21.2. The highest BCUT2D eigenvalue weighted by Crippen LogP contribution is 2.33. The van der Waals surface area contributed by atoms with Gasteiger partial charge in [-0.15, -0.1) is 0 Å². The number of rotatable bonds is 6. The van der Waals surface area contributed by atoms with Gasteiger partial charge in [0.25, 0.3) is 0 Å². The number of hydrogen-bond donors (Lipinski definition) is 0. The fourth-order valence-corrected chi connectivity index (χ4v) is 2.71. The first-order valence-electron chi connectivity index (χ1n) is 7.75. The minimum atomic E-state index is -0.342. The Balaban J connectivity index is 1.85. The van der Waals surface area contributed by atoms with Crippen LogP contribution in [0.2, 0.25) is 0 Å². The van der Waals surface area contributed by atoms with Gasteiger partial charge in [-0.2, -0.15) is 0 Å². The Hall–Kier alpha value is -1.59. The average molecular weight is 296 g/mol. The second kappa shape index (κ2) is 6.91. The molecule has 0 N–H and O–H groups in total. The zero-order valence-electron chi connectivity index (χ0n) is 12.8. The van der Waals surface area contributed by atoms with E-state index < -0.39 is 0 Å². The van der Waals surface area contributed by atoms with Crippen molar-refractivity contribution in [2.24, 2.45) is 5.92 Å². The van der Waals surface area contributed by atoms with Crippen molar-refractivity contribution in [2.45, 2.75) is 45.1 Å². The summed E-state index contributed by atoms with van der Waals surface area (Å²) in [5, 5.41) is 0. The molecule has 1 heterocycles. The molecule has 1 atom stereocenters. The summed E-state index contributed by atoms with van der Waals surface area (Å²) in [5.41, 5.74) is 0. The molecule has 0 bridgehead atoms. The van der Waals surface area contributed by atoms with Crippen LogP contribution < -0.4 is 0 Å². The van der Waals surface area contributed by atoms with Crippen molar-refractivity contribution in [1.82, 2.24) is 9.80 Å². The molecule has 6 heteroatoms. The predicted molar refractivity (Wildman–Crippen MR) is 76.3 cm³/mol. The van der Waals surface area contributed by atoms with Crippen LogP contribution >= 0.6 is 0 Å². The van der Waals surface area contributed by atoms with Gasteiger partial charge in [0.15, 0.2) is 0 Å². The number of likely N-dealkylation sites (tertiary alicyclic amines) is 1. The fraction of sp³-hybridized carbons (Fsp3) is 0.800. The lowest BCUT2D eigenvalue weighted by Crippen LogP contribution is -2.47. The van der Waals surface area contributed by atoms with Crippen LogP contribution in [-0.2, 0) is 19.1 Å². The molecule has 0 spiro atoms. The first-order valence-corrected chi connectivity index (χ1v) is 7.75. The number of likely N-dealkylation sites (N-methyl/N-ethyl adjacent to an activating group) is 1. The van der Waals surface area contributed by atoms with Gasteiger partial charge in [0.1, 0.15) is 6.04 Å². The van der Waals surface area contributed by atoms with Crippen molar-refractivity contribution in [2.75, 3.05) is 26.7 Å². The molecule has 21 heavy (non-hydrogen) atoms. The molecule has 1 saturated heterocycles. The van der Waals surface area contributed by atoms with Gasteiger partial charge in [0.2, 0.25) is 11.8 Å². The van der Waals surface area contributed by atoms with E-state index in [1.807, 2.05) is 0 Å². The Morgan fingerprint density at radius 2 is 1.95 bits per heavy atom. The molecular weight excluding hydrogens is 272 g/mol. The summed E-state index contributed by atoms with van der Waals surface area (Å²) >= 11 is 0. The third-order valence-corrected chi connectivity index (χ3v) is 4.08. The minimum Gasteiger partial charge on any atom is -0.466 e. The van der Waals surface area contributed by atoms with Crippen molar-refractivity contribution in [3.8, 4) is 0 Å². The Morgan fingerprint density at radius 1 is 1.24 bits per heavy atom. The summed E-state index contributed by atoms with van der Waals surface area (Å²) < 4.78 is 4.86. The molecule has 2 fully saturated rings. The quantitative estimate of drug-likeness (QED) is 0.680. The summed E-state index contributed by atoms with van der Waals surface area (Å²) in [7, 11) is 1.68. The molecule has 0 radical (unpaired) electrons. The Morgan fingerprint density at radius 3 is 2.57 bits per heavy atom. The summed E-state index contributed by atoms with van der Waals surface area (Å²) in [6.45, 7) is 3.12. The minimum absolute atomic E-state index is 0.0641. The lowest BCUT2D eigenvalue weighted by molar-refractivity contribution is -0.146. The Bertz CT molecular complexity index is 420. The van der Waals surface area contributed by atoms with Gasteiger partial charge in [-0.05, 0) is 32.6 Å². The van der Waals surface area contributed by atoms with Crippen molar-refractivity contribution in [1.29, 1.82) is 0 Å². The van der Waals surface area contributed by atoms with Gasteiger partial charge in [-0.1, -0.05) is 0 Å². The summed E-state index contributed by atoms with van der Waals surface area (Å²) in [4.78, 5) is 39.2. The number of amides is 2. The smallest absolute Gasteiger partial charge is 0.307 e.